The fourth-order valence-corrected chi connectivity index (χ4v) is 4.38. The number of ether oxygens (including phenoxy) is 3. The predicted molar refractivity (Wildman–Crippen MR) is 135 cm³/mol. The van der Waals surface area contributed by atoms with Gasteiger partial charge in [0.2, 0.25) is 5.75 Å². The third-order valence-electron chi connectivity index (χ3n) is 6.45. The monoisotopic (exact) mass is 463 g/mol. The average molecular weight is 464 g/mol. The third kappa shape index (κ3) is 4.93. The minimum atomic E-state index is -0.155. The molecule has 7 nitrogen and oxygen atoms in total. The normalized spacial score (nSPS) is 15.5. The molecule has 180 valence electrons. The van der Waals surface area contributed by atoms with Crippen molar-refractivity contribution in [3.63, 3.8) is 0 Å². The zero-order valence-electron chi connectivity index (χ0n) is 20.4. The number of hydrogen-bond donors (Lipinski definition) is 0. The first-order valence-electron chi connectivity index (χ1n) is 12.0. The lowest BCUT2D eigenvalue weighted by molar-refractivity contribution is 0.198. The van der Waals surface area contributed by atoms with Crippen molar-refractivity contribution in [3.8, 4) is 17.2 Å². The van der Waals surface area contributed by atoms with Crippen molar-refractivity contribution in [2.24, 2.45) is 5.10 Å². The molecule has 2 aromatic carbocycles. The summed E-state index contributed by atoms with van der Waals surface area (Å²) in [7, 11) is 3.19. The number of fused-ring (bicyclic) bond motifs is 1. The number of hydrogen-bond acceptors (Lipinski definition) is 6. The van der Waals surface area contributed by atoms with Crippen LogP contribution in [0.25, 0.3) is 10.9 Å². The Balaban J connectivity index is 1.78. The number of nitrogens with zero attached hydrogens (tertiary/aromatic N) is 3. The van der Waals surface area contributed by atoms with Crippen molar-refractivity contribution in [2.75, 3.05) is 14.2 Å². The second-order valence-corrected chi connectivity index (χ2v) is 8.77. The van der Waals surface area contributed by atoms with Crippen LogP contribution in [0.4, 0.5) is 0 Å². The lowest BCUT2D eigenvalue weighted by Gasteiger charge is -2.22. The Hall–Kier alpha value is -3.35. The molecule has 34 heavy (non-hydrogen) atoms. The van der Waals surface area contributed by atoms with Crippen LogP contribution in [0.1, 0.15) is 69.7 Å². The van der Waals surface area contributed by atoms with E-state index in [2.05, 4.69) is 12.0 Å². The summed E-state index contributed by atoms with van der Waals surface area (Å²) in [4.78, 5) is 18.3. The molecule has 1 aliphatic carbocycles. The van der Waals surface area contributed by atoms with Crippen LogP contribution in [0.15, 0.2) is 46.3 Å². The van der Waals surface area contributed by atoms with Crippen molar-refractivity contribution in [1.29, 1.82) is 0 Å². The zero-order chi connectivity index (χ0) is 24.1. The summed E-state index contributed by atoms with van der Waals surface area (Å²) in [5, 5.41) is 5.19. The SMILES string of the molecule is CC[C@@H](C)Oc1c(OC)cc(C=Nn2c(C3CCCCC3)nc3ccccc3c2=O)cc1OC. The van der Waals surface area contributed by atoms with Gasteiger partial charge in [-0.05, 0) is 50.5 Å². The zero-order valence-corrected chi connectivity index (χ0v) is 20.4. The van der Waals surface area contributed by atoms with Crippen LogP contribution in [0, 0.1) is 0 Å². The van der Waals surface area contributed by atoms with Gasteiger partial charge in [-0.2, -0.15) is 9.78 Å². The molecule has 1 aliphatic rings. The first-order valence-corrected chi connectivity index (χ1v) is 12.0. The molecule has 7 heteroatoms. The Bertz CT molecular complexity index is 1200. The maximum absolute atomic E-state index is 13.4. The van der Waals surface area contributed by atoms with Gasteiger partial charge in [0.05, 0.1) is 37.4 Å². The lowest BCUT2D eigenvalue weighted by atomic mass is 9.88. The van der Waals surface area contributed by atoms with Crippen LogP contribution in [-0.4, -0.2) is 36.2 Å². The molecule has 0 radical (unpaired) electrons. The topological polar surface area (TPSA) is 74.9 Å². The first-order chi connectivity index (χ1) is 16.5. The molecule has 1 saturated carbocycles. The van der Waals surface area contributed by atoms with Crippen LogP contribution >= 0.6 is 0 Å². The highest BCUT2D eigenvalue weighted by Crippen LogP contribution is 2.39. The van der Waals surface area contributed by atoms with Gasteiger partial charge in [0.1, 0.15) is 5.82 Å². The third-order valence-corrected chi connectivity index (χ3v) is 6.45. The summed E-state index contributed by atoms with van der Waals surface area (Å²) in [5.41, 5.74) is 1.30. The van der Waals surface area contributed by atoms with E-state index >= 15 is 0 Å². The number of benzene rings is 2. The van der Waals surface area contributed by atoms with Gasteiger partial charge in [-0.25, -0.2) is 4.98 Å². The average Bonchev–Trinajstić information content (AvgIpc) is 2.88. The van der Waals surface area contributed by atoms with Gasteiger partial charge < -0.3 is 14.2 Å². The summed E-state index contributed by atoms with van der Waals surface area (Å²) in [5.74, 6) is 2.62. The van der Waals surface area contributed by atoms with Crippen molar-refractivity contribution in [2.45, 2.75) is 64.4 Å². The Kier molecular flexibility index (Phi) is 7.50. The first kappa shape index (κ1) is 23.8. The standard InChI is InChI=1S/C27H33N3O4/c1-5-18(2)34-25-23(32-3)15-19(16-24(25)33-4)17-28-30-26(20-11-7-6-8-12-20)29-22-14-10-9-13-21(22)27(30)31/h9-10,13-18,20H,5-8,11-12H2,1-4H3/t18-/m1/s1. The molecule has 1 fully saturated rings. The van der Waals surface area contributed by atoms with Crippen LogP contribution in [0.2, 0.25) is 0 Å². The van der Waals surface area contributed by atoms with E-state index in [1.54, 1.807) is 26.5 Å². The van der Waals surface area contributed by atoms with Crippen LogP contribution in [0.3, 0.4) is 0 Å². The smallest absolute Gasteiger partial charge is 0.282 e. The van der Waals surface area contributed by atoms with E-state index in [-0.39, 0.29) is 17.6 Å². The number of para-hydroxylation sites is 1. The van der Waals surface area contributed by atoms with E-state index in [0.717, 1.165) is 49.0 Å². The van der Waals surface area contributed by atoms with Gasteiger partial charge in [0.15, 0.2) is 11.5 Å². The van der Waals surface area contributed by atoms with Crippen LogP contribution in [-0.2, 0) is 0 Å². The Morgan fingerprint density at radius 2 is 1.79 bits per heavy atom. The van der Waals surface area contributed by atoms with Gasteiger partial charge in [0, 0.05) is 11.5 Å². The second-order valence-electron chi connectivity index (χ2n) is 8.77. The number of methoxy groups -OCH3 is 2. The van der Waals surface area contributed by atoms with Crippen LogP contribution in [0.5, 0.6) is 17.2 Å². The summed E-state index contributed by atoms with van der Waals surface area (Å²) in [6, 6.07) is 11.1. The van der Waals surface area contributed by atoms with Crippen molar-refractivity contribution >= 4 is 17.1 Å². The molecule has 1 heterocycles. The second kappa shape index (κ2) is 10.7. The quantitative estimate of drug-likeness (QED) is 0.411. The molecule has 0 amide bonds. The highest BCUT2D eigenvalue weighted by molar-refractivity contribution is 5.83. The fraction of sp³-hybridized carbons (Fsp3) is 0.444. The van der Waals surface area contributed by atoms with Gasteiger partial charge in [-0.1, -0.05) is 38.3 Å². The van der Waals surface area contributed by atoms with E-state index < -0.39 is 0 Å². The number of rotatable bonds is 8. The molecular weight excluding hydrogens is 430 g/mol. The summed E-state index contributed by atoms with van der Waals surface area (Å²) in [6.45, 7) is 4.06. The van der Waals surface area contributed by atoms with Gasteiger partial charge in [-0.3, -0.25) is 4.79 Å². The highest BCUT2D eigenvalue weighted by Gasteiger charge is 2.22. The molecule has 4 rings (SSSR count). The Morgan fingerprint density at radius 1 is 1.12 bits per heavy atom. The van der Waals surface area contributed by atoms with E-state index in [1.807, 2.05) is 37.3 Å². The molecule has 3 aromatic rings. The molecule has 0 unspecified atom stereocenters. The largest absolute Gasteiger partial charge is 0.493 e. The molecule has 0 bridgehead atoms. The van der Waals surface area contributed by atoms with Crippen molar-refractivity contribution < 1.29 is 14.2 Å². The Morgan fingerprint density at radius 3 is 2.44 bits per heavy atom. The maximum Gasteiger partial charge on any atom is 0.282 e. The van der Waals surface area contributed by atoms with Crippen molar-refractivity contribution in [1.82, 2.24) is 9.66 Å². The van der Waals surface area contributed by atoms with Gasteiger partial charge in [0.25, 0.3) is 5.56 Å². The molecular formula is C27H33N3O4. The predicted octanol–water partition coefficient (Wildman–Crippen LogP) is 5.52. The lowest BCUT2D eigenvalue weighted by Crippen LogP contribution is -2.25. The highest BCUT2D eigenvalue weighted by atomic mass is 16.5. The molecule has 1 aromatic heterocycles. The van der Waals surface area contributed by atoms with Gasteiger partial charge in [-0.15, -0.1) is 0 Å². The summed E-state index contributed by atoms with van der Waals surface area (Å²) >= 11 is 0. The van der Waals surface area contributed by atoms with E-state index in [4.69, 9.17) is 19.2 Å². The van der Waals surface area contributed by atoms with E-state index in [1.165, 1.54) is 11.1 Å². The molecule has 0 aliphatic heterocycles. The van der Waals surface area contributed by atoms with E-state index in [9.17, 15) is 4.79 Å². The summed E-state index contributed by atoms with van der Waals surface area (Å²) < 4.78 is 18.7. The van der Waals surface area contributed by atoms with Crippen molar-refractivity contribution in [3.05, 3.63) is 58.1 Å². The minimum Gasteiger partial charge on any atom is -0.493 e. The molecule has 0 N–H and O–H groups in total. The molecule has 0 spiro atoms. The minimum absolute atomic E-state index is 0.0163. The Labute approximate surface area is 200 Å². The maximum atomic E-state index is 13.4. The van der Waals surface area contributed by atoms with E-state index in [0.29, 0.717) is 22.6 Å². The fourth-order valence-electron chi connectivity index (χ4n) is 4.38. The van der Waals surface area contributed by atoms with Crippen LogP contribution < -0.4 is 19.8 Å². The molecule has 0 saturated heterocycles. The summed E-state index contributed by atoms with van der Waals surface area (Å²) in [6.07, 6.45) is 8.07. The molecule has 1 atom stereocenters. The van der Waals surface area contributed by atoms with Gasteiger partial charge >= 0.3 is 0 Å². The number of aromatic nitrogens is 2.